The summed E-state index contributed by atoms with van der Waals surface area (Å²) in [6.07, 6.45) is 0. The third-order valence-electron chi connectivity index (χ3n) is 2.79. The molecule has 0 spiro atoms. The van der Waals surface area contributed by atoms with Crippen LogP contribution in [0.3, 0.4) is 0 Å². The van der Waals surface area contributed by atoms with Gasteiger partial charge in [0.2, 0.25) is 0 Å². The zero-order valence-electron chi connectivity index (χ0n) is 10.4. The summed E-state index contributed by atoms with van der Waals surface area (Å²) in [6, 6.07) is 12.5. The lowest BCUT2D eigenvalue weighted by atomic mass is 10.1. The molecule has 2 aromatic carbocycles. The molecule has 0 aliphatic heterocycles. The first-order valence-corrected chi connectivity index (χ1v) is 7.72. The van der Waals surface area contributed by atoms with E-state index < -0.39 is 9.84 Å². The van der Waals surface area contributed by atoms with Crippen LogP contribution in [0.5, 0.6) is 0 Å². The van der Waals surface area contributed by atoms with Crippen LogP contribution in [0.25, 0.3) is 0 Å². The van der Waals surface area contributed by atoms with Crippen LogP contribution in [0.15, 0.2) is 47.4 Å². The van der Waals surface area contributed by atoms with E-state index in [9.17, 15) is 8.42 Å². The van der Waals surface area contributed by atoms with Crippen molar-refractivity contribution < 1.29 is 8.42 Å². The molecular weight excluding hydrogens is 296 g/mol. The molecule has 0 heterocycles. The molecule has 102 valence electrons. The average Bonchev–Trinajstić information content (AvgIpc) is 2.41. The van der Waals surface area contributed by atoms with Gasteiger partial charge in [0.25, 0.3) is 0 Å². The van der Waals surface area contributed by atoms with Crippen LogP contribution in [-0.2, 0) is 15.6 Å². The number of sulfone groups is 1. The minimum Gasteiger partial charge on any atom is -0.398 e. The minimum atomic E-state index is -3.53. The van der Waals surface area contributed by atoms with Gasteiger partial charge in [0.05, 0.1) is 22.3 Å². The Bertz CT molecular complexity index is 778. The molecule has 2 aromatic rings. The molecule has 0 aromatic heterocycles. The molecule has 0 radical (unpaired) electrons. The van der Waals surface area contributed by atoms with Crippen molar-refractivity contribution in [2.24, 2.45) is 0 Å². The number of anilines is 1. The summed E-state index contributed by atoms with van der Waals surface area (Å²) in [6.45, 7) is 0. The van der Waals surface area contributed by atoms with Gasteiger partial charge in [-0.25, -0.2) is 8.42 Å². The molecule has 20 heavy (non-hydrogen) atoms. The summed E-state index contributed by atoms with van der Waals surface area (Å²) in [7, 11) is -3.53. The van der Waals surface area contributed by atoms with Crippen molar-refractivity contribution in [1.29, 1.82) is 5.26 Å². The number of nitrogen functional groups attached to an aromatic ring is 1. The zero-order valence-corrected chi connectivity index (χ0v) is 11.9. The Hall–Kier alpha value is -2.03. The van der Waals surface area contributed by atoms with Gasteiger partial charge in [-0.1, -0.05) is 11.6 Å². The molecular formula is C14H11ClN2O2S. The summed E-state index contributed by atoms with van der Waals surface area (Å²) >= 11 is 5.74. The third-order valence-corrected chi connectivity index (χ3v) is 4.72. The summed E-state index contributed by atoms with van der Waals surface area (Å²) in [4.78, 5) is 0.170. The number of nitrogens with zero attached hydrogens (tertiary/aromatic N) is 1. The number of hydrogen-bond donors (Lipinski definition) is 1. The Morgan fingerprint density at radius 2 is 1.80 bits per heavy atom. The van der Waals surface area contributed by atoms with Crippen molar-refractivity contribution in [1.82, 2.24) is 0 Å². The van der Waals surface area contributed by atoms with Crippen molar-refractivity contribution in [2.75, 3.05) is 5.73 Å². The second-order valence-electron chi connectivity index (χ2n) is 4.24. The summed E-state index contributed by atoms with van der Waals surface area (Å²) in [5.41, 5.74) is 6.90. The Balaban J connectivity index is 2.38. The first kappa shape index (κ1) is 14.4. The van der Waals surface area contributed by atoms with Crippen LogP contribution in [0.2, 0.25) is 5.02 Å². The molecule has 2 rings (SSSR count). The van der Waals surface area contributed by atoms with E-state index in [1.807, 2.05) is 6.07 Å². The molecule has 2 N–H and O–H groups in total. The predicted molar refractivity (Wildman–Crippen MR) is 77.9 cm³/mol. The summed E-state index contributed by atoms with van der Waals surface area (Å²) in [5.74, 6) is -0.254. The maximum Gasteiger partial charge on any atom is 0.182 e. The quantitative estimate of drug-likeness (QED) is 0.884. The highest BCUT2D eigenvalue weighted by Gasteiger charge is 2.17. The van der Waals surface area contributed by atoms with Crippen molar-refractivity contribution in [3.63, 3.8) is 0 Å². The first-order chi connectivity index (χ1) is 9.42. The second-order valence-corrected chi connectivity index (χ2v) is 6.66. The van der Waals surface area contributed by atoms with E-state index in [1.165, 1.54) is 36.4 Å². The number of rotatable bonds is 3. The van der Waals surface area contributed by atoms with Crippen LogP contribution in [0, 0.1) is 11.3 Å². The van der Waals surface area contributed by atoms with E-state index in [4.69, 9.17) is 22.6 Å². The lowest BCUT2D eigenvalue weighted by Gasteiger charge is -2.08. The molecule has 0 saturated heterocycles. The van der Waals surface area contributed by atoms with Crippen molar-refractivity contribution >= 4 is 27.1 Å². The Labute approximate surface area is 122 Å². The topological polar surface area (TPSA) is 83.9 Å². The molecule has 0 bridgehead atoms. The van der Waals surface area contributed by atoms with Gasteiger partial charge in [-0.2, -0.15) is 5.26 Å². The lowest BCUT2D eigenvalue weighted by Crippen LogP contribution is -2.07. The molecule has 0 amide bonds. The Kier molecular flexibility index (Phi) is 3.98. The summed E-state index contributed by atoms with van der Waals surface area (Å²) < 4.78 is 24.6. The van der Waals surface area contributed by atoms with Gasteiger partial charge >= 0.3 is 0 Å². The SMILES string of the molecule is N#Cc1ccc(N)c(CS(=O)(=O)c2ccc(Cl)cc2)c1. The maximum atomic E-state index is 12.3. The lowest BCUT2D eigenvalue weighted by molar-refractivity contribution is 0.595. The third kappa shape index (κ3) is 3.10. The van der Waals surface area contributed by atoms with Crippen molar-refractivity contribution in [3.8, 4) is 6.07 Å². The number of benzene rings is 2. The number of hydrogen-bond acceptors (Lipinski definition) is 4. The van der Waals surface area contributed by atoms with Gasteiger partial charge in [0, 0.05) is 10.7 Å². The highest BCUT2D eigenvalue weighted by atomic mass is 35.5. The first-order valence-electron chi connectivity index (χ1n) is 5.69. The number of nitrogens with two attached hydrogens (primary N) is 1. The van der Waals surface area contributed by atoms with E-state index in [2.05, 4.69) is 0 Å². The fourth-order valence-electron chi connectivity index (χ4n) is 1.73. The zero-order chi connectivity index (χ0) is 14.8. The molecule has 6 heteroatoms. The van der Waals surface area contributed by atoms with Crippen LogP contribution in [-0.4, -0.2) is 8.42 Å². The maximum absolute atomic E-state index is 12.3. The minimum absolute atomic E-state index is 0.170. The molecule has 0 saturated carbocycles. The van der Waals surface area contributed by atoms with Crippen molar-refractivity contribution in [2.45, 2.75) is 10.6 Å². The molecule has 0 fully saturated rings. The van der Waals surface area contributed by atoms with Gasteiger partial charge in [-0.05, 0) is 48.0 Å². The monoisotopic (exact) mass is 306 g/mol. The number of halogens is 1. The molecule has 0 aliphatic carbocycles. The highest BCUT2D eigenvalue weighted by molar-refractivity contribution is 7.90. The van der Waals surface area contributed by atoms with Gasteiger partial charge in [0.15, 0.2) is 9.84 Å². The molecule has 0 unspecified atom stereocenters. The van der Waals surface area contributed by atoms with E-state index in [-0.39, 0.29) is 10.6 Å². The van der Waals surface area contributed by atoms with Crippen molar-refractivity contribution in [3.05, 3.63) is 58.6 Å². The molecule has 4 nitrogen and oxygen atoms in total. The molecule has 0 aliphatic rings. The van der Waals surface area contributed by atoms with Gasteiger partial charge in [0.1, 0.15) is 0 Å². The fourth-order valence-corrected chi connectivity index (χ4v) is 3.23. The van der Waals surface area contributed by atoms with Crippen LogP contribution >= 0.6 is 11.6 Å². The predicted octanol–water partition coefficient (Wildman–Crippen LogP) is 2.77. The normalized spacial score (nSPS) is 11.0. The van der Waals surface area contributed by atoms with E-state index in [0.717, 1.165) is 0 Å². The fraction of sp³-hybridized carbons (Fsp3) is 0.0714. The highest BCUT2D eigenvalue weighted by Crippen LogP contribution is 2.22. The average molecular weight is 307 g/mol. The standard InChI is InChI=1S/C14H11ClN2O2S/c15-12-2-4-13(5-3-12)20(18,19)9-11-7-10(8-16)1-6-14(11)17/h1-7H,9,17H2. The van der Waals surface area contributed by atoms with E-state index in [1.54, 1.807) is 6.07 Å². The molecule has 0 atom stereocenters. The van der Waals surface area contributed by atoms with E-state index >= 15 is 0 Å². The second kappa shape index (κ2) is 5.53. The summed E-state index contributed by atoms with van der Waals surface area (Å²) in [5, 5.41) is 9.31. The Morgan fingerprint density at radius 1 is 1.15 bits per heavy atom. The van der Waals surface area contributed by atoms with Crippen LogP contribution in [0.1, 0.15) is 11.1 Å². The smallest absolute Gasteiger partial charge is 0.182 e. The van der Waals surface area contributed by atoms with Crippen LogP contribution < -0.4 is 5.73 Å². The Morgan fingerprint density at radius 3 is 2.40 bits per heavy atom. The van der Waals surface area contributed by atoms with Gasteiger partial charge in [-0.15, -0.1) is 0 Å². The largest absolute Gasteiger partial charge is 0.398 e. The van der Waals surface area contributed by atoms with Gasteiger partial charge in [-0.3, -0.25) is 0 Å². The number of nitriles is 1. The van der Waals surface area contributed by atoms with E-state index in [0.29, 0.717) is 21.8 Å². The van der Waals surface area contributed by atoms with Gasteiger partial charge < -0.3 is 5.73 Å². The van der Waals surface area contributed by atoms with Crippen LogP contribution in [0.4, 0.5) is 5.69 Å².